The maximum absolute atomic E-state index is 12.5. The van der Waals surface area contributed by atoms with Crippen LogP contribution < -0.4 is 5.73 Å². The molecule has 1 saturated heterocycles. The van der Waals surface area contributed by atoms with Gasteiger partial charge in [0.25, 0.3) is 5.91 Å². The Hall–Kier alpha value is -2.18. The fourth-order valence-electron chi connectivity index (χ4n) is 2.55. The summed E-state index contributed by atoms with van der Waals surface area (Å²) >= 11 is 6.11. The first-order valence-corrected chi connectivity index (χ1v) is 7.78. The minimum absolute atomic E-state index is 0.0537. The molecule has 0 aliphatic carbocycles. The summed E-state index contributed by atoms with van der Waals surface area (Å²) in [6.07, 6.45) is 1.47. The summed E-state index contributed by atoms with van der Waals surface area (Å²) in [5, 5.41) is 0.428. The van der Waals surface area contributed by atoms with E-state index in [0.717, 1.165) is 31.7 Å². The van der Waals surface area contributed by atoms with E-state index in [1.807, 2.05) is 17.0 Å². The van der Waals surface area contributed by atoms with Crippen LogP contribution in [0.2, 0.25) is 5.02 Å². The van der Waals surface area contributed by atoms with Gasteiger partial charge in [-0.2, -0.15) is 0 Å². The standard InChI is InChI=1S/C16H18ClN5O/c1-21-6-8-22(9-7-21)15(23)12-4-2-11(3-5-12)14-13(17)10-19-16(18)20-14/h2-5,10H,6-9H2,1H3,(H2,18,19,20). The van der Waals surface area contributed by atoms with Gasteiger partial charge in [-0.05, 0) is 19.2 Å². The van der Waals surface area contributed by atoms with Gasteiger partial charge in [0.15, 0.2) is 0 Å². The average molecular weight is 332 g/mol. The number of halogens is 1. The van der Waals surface area contributed by atoms with Gasteiger partial charge in [-0.3, -0.25) is 4.79 Å². The summed E-state index contributed by atoms with van der Waals surface area (Å²) in [4.78, 5) is 24.6. The minimum atomic E-state index is 0.0537. The first kappa shape index (κ1) is 15.7. The number of benzene rings is 1. The molecule has 1 fully saturated rings. The van der Waals surface area contributed by atoms with E-state index in [-0.39, 0.29) is 11.9 Å². The number of nitrogen functional groups attached to an aromatic ring is 1. The zero-order chi connectivity index (χ0) is 16.4. The minimum Gasteiger partial charge on any atom is -0.368 e. The molecular formula is C16H18ClN5O. The largest absolute Gasteiger partial charge is 0.368 e. The molecule has 23 heavy (non-hydrogen) atoms. The van der Waals surface area contributed by atoms with E-state index < -0.39 is 0 Å². The van der Waals surface area contributed by atoms with Crippen molar-refractivity contribution in [1.29, 1.82) is 0 Å². The number of carbonyl (C=O) groups is 1. The van der Waals surface area contributed by atoms with Crippen molar-refractivity contribution in [2.24, 2.45) is 0 Å². The number of carbonyl (C=O) groups excluding carboxylic acids is 1. The van der Waals surface area contributed by atoms with Gasteiger partial charge in [-0.25, -0.2) is 9.97 Å². The number of nitrogens with zero attached hydrogens (tertiary/aromatic N) is 4. The van der Waals surface area contributed by atoms with Crippen LogP contribution in [0, 0.1) is 0 Å². The molecule has 2 N–H and O–H groups in total. The molecule has 1 aromatic carbocycles. The SMILES string of the molecule is CN1CCN(C(=O)c2ccc(-c3nc(N)ncc3Cl)cc2)CC1. The molecule has 1 amide bonds. The third kappa shape index (κ3) is 3.43. The highest BCUT2D eigenvalue weighted by molar-refractivity contribution is 6.32. The number of hydrogen-bond acceptors (Lipinski definition) is 5. The Morgan fingerprint density at radius 3 is 2.48 bits per heavy atom. The van der Waals surface area contributed by atoms with Crippen molar-refractivity contribution >= 4 is 23.5 Å². The Morgan fingerprint density at radius 2 is 1.83 bits per heavy atom. The first-order chi connectivity index (χ1) is 11.0. The van der Waals surface area contributed by atoms with E-state index in [1.54, 1.807) is 12.1 Å². The summed E-state index contributed by atoms with van der Waals surface area (Å²) in [6.45, 7) is 3.32. The Balaban J connectivity index is 1.79. The summed E-state index contributed by atoms with van der Waals surface area (Å²) in [7, 11) is 2.06. The van der Waals surface area contributed by atoms with E-state index in [9.17, 15) is 4.79 Å². The molecule has 2 aromatic rings. The van der Waals surface area contributed by atoms with Gasteiger partial charge >= 0.3 is 0 Å². The lowest BCUT2D eigenvalue weighted by molar-refractivity contribution is 0.0664. The fourth-order valence-corrected chi connectivity index (χ4v) is 2.75. The molecule has 0 bridgehead atoms. The zero-order valence-electron chi connectivity index (χ0n) is 12.9. The normalized spacial score (nSPS) is 15.7. The highest BCUT2D eigenvalue weighted by Crippen LogP contribution is 2.26. The van der Waals surface area contributed by atoms with E-state index in [2.05, 4.69) is 21.9 Å². The van der Waals surface area contributed by atoms with Crippen LogP contribution in [0.1, 0.15) is 10.4 Å². The van der Waals surface area contributed by atoms with Crippen LogP contribution in [0.25, 0.3) is 11.3 Å². The number of rotatable bonds is 2. The van der Waals surface area contributed by atoms with Gasteiger partial charge < -0.3 is 15.5 Å². The number of anilines is 1. The van der Waals surface area contributed by atoms with Crippen molar-refractivity contribution in [2.75, 3.05) is 39.0 Å². The van der Waals surface area contributed by atoms with E-state index >= 15 is 0 Å². The summed E-state index contributed by atoms with van der Waals surface area (Å²) in [6, 6.07) is 7.25. The predicted octanol–water partition coefficient (Wildman–Crippen LogP) is 1.77. The third-order valence-electron chi connectivity index (χ3n) is 3.96. The van der Waals surface area contributed by atoms with E-state index in [4.69, 9.17) is 17.3 Å². The molecule has 0 atom stereocenters. The van der Waals surface area contributed by atoms with Gasteiger partial charge in [0.05, 0.1) is 16.9 Å². The molecule has 1 aromatic heterocycles. The van der Waals surface area contributed by atoms with Crippen LogP contribution in [0.4, 0.5) is 5.95 Å². The van der Waals surface area contributed by atoms with Crippen molar-refractivity contribution in [3.8, 4) is 11.3 Å². The van der Waals surface area contributed by atoms with Crippen molar-refractivity contribution in [3.63, 3.8) is 0 Å². The molecule has 6 nitrogen and oxygen atoms in total. The molecule has 2 heterocycles. The maximum Gasteiger partial charge on any atom is 0.253 e. The molecule has 1 aliphatic heterocycles. The van der Waals surface area contributed by atoms with Gasteiger partial charge in [0.1, 0.15) is 0 Å². The van der Waals surface area contributed by atoms with Crippen molar-refractivity contribution in [1.82, 2.24) is 19.8 Å². The van der Waals surface area contributed by atoms with Crippen molar-refractivity contribution in [3.05, 3.63) is 41.0 Å². The molecule has 120 valence electrons. The average Bonchev–Trinajstić information content (AvgIpc) is 2.57. The number of hydrogen-bond donors (Lipinski definition) is 1. The third-order valence-corrected chi connectivity index (χ3v) is 4.24. The van der Waals surface area contributed by atoms with E-state index in [0.29, 0.717) is 16.3 Å². The fraction of sp³-hybridized carbons (Fsp3) is 0.312. The number of amides is 1. The second-order valence-electron chi connectivity index (χ2n) is 5.60. The smallest absolute Gasteiger partial charge is 0.253 e. The second-order valence-corrected chi connectivity index (χ2v) is 6.00. The monoisotopic (exact) mass is 331 g/mol. The maximum atomic E-state index is 12.5. The Kier molecular flexibility index (Phi) is 4.45. The number of nitrogens with two attached hydrogens (primary N) is 1. The molecule has 7 heteroatoms. The Bertz CT molecular complexity index is 711. The number of aromatic nitrogens is 2. The van der Waals surface area contributed by atoms with Gasteiger partial charge in [0, 0.05) is 37.3 Å². The van der Waals surface area contributed by atoms with Crippen LogP contribution >= 0.6 is 11.6 Å². The van der Waals surface area contributed by atoms with Crippen LogP contribution in [0.15, 0.2) is 30.5 Å². The van der Waals surface area contributed by atoms with Crippen molar-refractivity contribution < 1.29 is 4.79 Å². The lowest BCUT2D eigenvalue weighted by atomic mass is 10.1. The lowest BCUT2D eigenvalue weighted by Gasteiger charge is -2.32. The summed E-state index contributed by atoms with van der Waals surface area (Å²) in [5.41, 5.74) is 7.64. The predicted molar refractivity (Wildman–Crippen MR) is 90.3 cm³/mol. The second kappa shape index (κ2) is 6.52. The van der Waals surface area contributed by atoms with Crippen LogP contribution in [-0.2, 0) is 0 Å². The molecule has 0 spiro atoms. The van der Waals surface area contributed by atoms with Crippen LogP contribution in [-0.4, -0.2) is 58.9 Å². The highest BCUT2D eigenvalue weighted by atomic mass is 35.5. The Labute approximate surface area is 139 Å². The lowest BCUT2D eigenvalue weighted by Crippen LogP contribution is -2.47. The topological polar surface area (TPSA) is 75.3 Å². The first-order valence-electron chi connectivity index (χ1n) is 7.41. The zero-order valence-corrected chi connectivity index (χ0v) is 13.6. The molecule has 0 radical (unpaired) electrons. The van der Waals surface area contributed by atoms with Crippen molar-refractivity contribution in [2.45, 2.75) is 0 Å². The molecular weight excluding hydrogens is 314 g/mol. The number of piperazine rings is 1. The molecule has 3 rings (SSSR count). The number of likely N-dealkylation sites (N-methyl/N-ethyl adjacent to an activating group) is 1. The van der Waals surface area contributed by atoms with Crippen LogP contribution in [0.3, 0.4) is 0 Å². The molecule has 0 saturated carbocycles. The van der Waals surface area contributed by atoms with Gasteiger partial charge in [-0.15, -0.1) is 0 Å². The van der Waals surface area contributed by atoms with Gasteiger partial charge in [0.2, 0.25) is 5.95 Å². The summed E-state index contributed by atoms with van der Waals surface area (Å²) < 4.78 is 0. The quantitative estimate of drug-likeness (QED) is 0.907. The molecule has 1 aliphatic rings. The highest BCUT2D eigenvalue weighted by Gasteiger charge is 2.20. The van der Waals surface area contributed by atoms with Crippen LogP contribution in [0.5, 0.6) is 0 Å². The van der Waals surface area contributed by atoms with E-state index in [1.165, 1.54) is 6.20 Å². The Morgan fingerprint density at radius 1 is 1.17 bits per heavy atom. The van der Waals surface area contributed by atoms with Gasteiger partial charge in [-0.1, -0.05) is 23.7 Å². The summed E-state index contributed by atoms with van der Waals surface area (Å²) in [5.74, 6) is 0.222. The molecule has 0 unspecified atom stereocenters.